The summed E-state index contributed by atoms with van der Waals surface area (Å²) < 4.78 is 15.0. The number of terminal acetylenes is 1. The molecule has 7 nitrogen and oxygen atoms in total. The molecule has 4 rings (SSSR count). The first-order valence-electron chi connectivity index (χ1n) is 12.3. The largest absolute Gasteiger partial charge is 0.346 e. The molecule has 2 N–H and O–H groups in total. The van der Waals surface area contributed by atoms with Crippen LogP contribution in [-0.2, 0) is 20.6 Å². The highest BCUT2D eigenvalue weighted by molar-refractivity contribution is 7.83. The number of hydrogen-bond acceptors (Lipinski definition) is 4. The van der Waals surface area contributed by atoms with Crippen LogP contribution in [0.4, 0.5) is 0 Å². The third-order valence-electron chi connectivity index (χ3n) is 6.90. The Balaban J connectivity index is 1.36. The predicted octanol–water partition coefficient (Wildman–Crippen LogP) is 2.36. The standard InChI is InChI=1S/C27H34N4O3S/c1-3-15-28-26(32)18-29-27(33)19-31(35(34)23-11-12-23)22-13-16-30(17-14-22)20(2)24-10-6-8-21-7-4-5-9-25(21)24/h1,4-10,20,22-23H,11-19H2,2H3,(H,28,32)(H,29,33). The Morgan fingerprint density at radius 1 is 1.09 bits per heavy atom. The number of carbonyl (C=O) groups is 2. The molecule has 2 amide bonds. The van der Waals surface area contributed by atoms with Crippen LogP contribution in [-0.4, -0.2) is 69.2 Å². The van der Waals surface area contributed by atoms with E-state index in [1.54, 1.807) is 0 Å². The van der Waals surface area contributed by atoms with Crippen molar-refractivity contribution in [1.82, 2.24) is 19.8 Å². The van der Waals surface area contributed by atoms with Gasteiger partial charge >= 0.3 is 0 Å². The number of likely N-dealkylation sites (tertiary alicyclic amines) is 1. The molecule has 1 aliphatic heterocycles. The second-order valence-corrected chi connectivity index (χ2v) is 11.0. The van der Waals surface area contributed by atoms with Crippen molar-refractivity contribution in [3.05, 3.63) is 48.0 Å². The number of nitrogens with one attached hydrogen (secondary N) is 2. The second kappa shape index (κ2) is 11.8. The first-order chi connectivity index (χ1) is 17.0. The Morgan fingerprint density at radius 2 is 1.80 bits per heavy atom. The normalized spacial score (nSPS) is 18.7. The summed E-state index contributed by atoms with van der Waals surface area (Å²) in [5, 5.41) is 7.84. The molecule has 1 aliphatic carbocycles. The summed E-state index contributed by atoms with van der Waals surface area (Å²) in [6.07, 6.45) is 8.72. The average molecular weight is 495 g/mol. The van der Waals surface area contributed by atoms with Gasteiger partial charge in [-0.1, -0.05) is 48.4 Å². The molecule has 2 unspecified atom stereocenters. The molecule has 0 spiro atoms. The molecule has 186 valence electrons. The van der Waals surface area contributed by atoms with Crippen molar-refractivity contribution in [3.63, 3.8) is 0 Å². The minimum absolute atomic E-state index is 0.0368. The van der Waals surface area contributed by atoms with E-state index in [0.717, 1.165) is 38.8 Å². The van der Waals surface area contributed by atoms with E-state index in [-0.39, 0.29) is 48.8 Å². The Labute approximate surface area is 210 Å². The van der Waals surface area contributed by atoms with Gasteiger partial charge in [-0.15, -0.1) is 6.42 Å². The highest BCUT2D eigenvalue weighted by Gasteiger charge is 2.38. The lowest BCUT2D eigenvalue weighted by atomic mass is 9.96. The maximum absolute atomic E-state index is 13.1. The Hall–Kier alpha value is -2.73. The van der Waals surface area contributed by atoms with Crippen LogP contribution in [0, 0.1) is 12.3 Å². The zero-order valence-corrected chi connectivity index (χ0v) is 21.1. The summed E-state index contributed by atoms with van der Waals surface area (Å²) in [4.78, 5) is 26.8. The summed E-state index contributed by atoms with van der Waals surface area (Å²) in [6.45, 7) is 4.04. The maximum atomic E-state index is 13.1. The first-order valence-corrected chi connectivity index (χ1v) is 13.5. The van der Waals surface area contributed by atoms with Gasteiger partial charge in [0, 0.05) is 30.4 Å². The van der Waals surface area contributed by atoms with Gasteiger partial charge in [-0.2, -0.15) is 0 Å². The van der Waals surface area contributed by atoms with Gasteiger partial charge in [0.15, 0.2) is 0 Å². The van der Waals surface area contributed by atoms with Gasteiger partial charge in [0.1, 0.15) is 0 Å². The fraction of sp³-hybridized carbons (Fsp3) is 0.481. The number of rotatable bonds is 10. The van der Waals surface area contributed by atoms with Gasteiger partial charge in [-0.3, -0.25) is 14.5 Å². The third-order valence-corrected chi connectivity index (χ3v) is 8.83. The van der Waals surface area contributed by atoms with Gasteiger partial charge in [0.2, 0.25) is 11.8 Å². The van der Waals surface area contributed by atoms with Gasteiger partial charge in [-0.05, 0) is 48.9 Å². The number of amides is 2. The predicted molar refractivity (Wildman–Crippen MR) is 140 cm³/mol. The molecule has 0 radical (unpaired) electrons. The van der Waals surface area contributed by atoms with Crippen LogP contribution in [0.2, 0.25) is 0 Å². The maximum Gasteiger partial charge on any atom is 0.240 e. The van der Waals surface area contributed by atoms with Crippen molar-refractivity contribution in [2.24, 2.45) is 0 Å². The van der Waals surface area contributed by atoms with Crippen molar-refractivity contribution in [2.45, 2.75) is 49.9 Å². The second-order valence-electron chi connectivity index (χ2n) is 9.32. The minimum Gasteiger partial charge on any atom is -0.346 e. The van der Waals surface area contributed by atoms with Crippen molar-refractivity contribution < 1.29 is 13.8 Å². The molecule has 2 atom stereocenters. The number of fused-ring (bicyclic) bond motifs is 1. The average Bonchev–Trinajstić information content (AvgIpc) is 3.74. The zero-order chi connectivity index (χ0) is 24.8. The number of hydrogen-bond donors (Lipinski definition) is 2. The molecule has 2 aliphatic rings. The van der Waals surface area contributed by atoms with E-state index >= 15 is 0 Å². The van der Waals surface area contributed by atoms with Gasteiger partial charge in [0.25, 0.3) is 0 Å². The fourth-order valence-electron chi connectivity index (χ4n) is 4.76. The van der Waals surface area contributed by atoms with Crippen LogP contribution in [0.3, 0.4) is 0 Å². The molecule has 2 fully saturated rings. The lowest BCUT2D eigenvalue weighted by Gasteiger charge is -2.40. The Bertz CT molecular complexity index is 1110. The van der Waals surface area contributed by atoms with Crippen molar-refractivity contribution >= 4 is 33.6 Å². The molecule has 1 saturated heterocycles. The van der Waals surface area contributed by atoms with Crippen LogP contribution in [0.25, 0.3) is 10.8 Å². The highest BCUT2D eigenvalue weighted by atomic mass is 32.2. The summed E-state index contributed by atoms with van der Waals surface area (Å²) >= 11 is 0. The van der Waals surface area contributed by atoms with E-state index in [2.05, 4.69) is 70.8 Å². The Kier molecular flexibility index (Phi) is 8.55. The molecule has 1 saturated carbocycles. The molecular formula is C27H34N4O3S. The third kappa shape index (κ3) is 6.49. The Morgan fingerprint density at radius 3 is 2.51 bits per heavy atom. The number of carbonyl (C=O) groups excluding carboxylic acids is 2. The zero-order valence-electron chi connectivity index (χ0n) is 20.2. The smallest absolute Gasteiger partial charge is 0.240 e. The number of benzene rings is 2. The molecular weight excluding hydrogens is 460 g/mol. The molecule has 1 heterocycles. The van der Waals surface area contributed by atoms with E-state index in [4.69, 9.17) is 6.42 Å². The van der Waals surface area contributed by atoms with Crippen molar-refractivity contribution in [1.29, 1.82) is 0 Å². The summed E-state index contributed by atoms with van der Waals surface area (Å²) in [5.74, 6) is 1.71. The fourth-order valence-corrected chi connectivity index (χ4v) is 6.43. The molecule has 8 heteroatoms. The SMILES string of the molecule is C#CCNC(=O)CNC(=O)CN(C1CCN(C(C)c2cccc3ccccc23)CC1)S(=O)C1CC1. The van der Waals surface area contributed by atoms with E-state index in [0.29, 0.717) is 0 Å². The van der Waals surface area contributed by atoms with E-state index in [1.165, 1.54) is 16.3 Å². The lowest BCUT2D eigenvalue weighted by Crippen LogP contribution is -2.50. The molecule has 35 heavy (non-hydrogen) atoms. The molecule has 0 bridgehead atoms. The molecule has 2 aromatic rings. The number of piperidine rings is 1. The quantitative estimate of drug-likeness (QED) is 0.497. The highest BCUT2D eigenvalue weighted by Crippen LogP contribution is 2.33. The van der Waals surface area contributed by atoms with E-state index in [9.17, 15) is 13.8 Å². The molecule has 2 aromatic carbocycles. The van der Waals surface area contributed by atoms with Gasteiger partial charge in [-0.25, -0.2) is 8.51 Å². The van der Waals surface area contributed by atoms with Crippen molar-refractivity contribution in [3.8, 4) is 12.3 Å². The molecule has 0 aromatic heterocycles. The van der Waals surface area contributed by atoms with Crippen LogP contribution in [0.1, 0.15) is 44.2 Å². The minimum atomic E-state index is -1.19. The summed E-state index contributed by atoms with van der Waals surface area (Å²) in [6, 6.07) is 15.3. The first kappa shape index (κ1) is 25.4. The van der Waals surface area contributed by atoms with Gasteiger partial charge in [0.05, 0.1) is 30.6 Å². The lowest BCUT2D eigenvalue weighted by molar-refractivity contribution is -0.126. The summed E-state index contributed by atoms with van der Waals surface area (Å²) in [7, 11) is -1.19. The topological polar surface area (TPSA) is 81.8 Å². The van der Waals surface area contributed by atoms with Crippen molar-refractivity contribution in [2.75, 3.05) is 32.7 Å². The van der Waals surface area contributed by atoms with E-state index in [1.807, 2.05) is 4.31 Å². The monoisotopic (exact) mass is 494 g/mol. The van der Waals surface area contributed by atoms with Gasteiger partial charge < -0.3 is 10.6 Å². The van der Waals surface area contributed by atoms with Crippen LogP contribution in [0.15, 0.2) is 42.5 Å². The number of nitrogens with zero attached hydrogens (tertiary/aromatic N) is 2. The summed E-state index contributed by atoms with van der Waals surface area (Å²) in [5.41, 5.74) is 1.32. The van der Waals surface area contributed by atoms with Crippen LogP contribution >= 0.6 is 0 Å². The van der Waals surface area contributed by atoms with E-state index < -0.39 is 11.0 Å². The van der Waals surface area contributed by atoms with Crippen LogP contribution in [0.5, 0.6) is 0 Å². The van der Waals surface area contributed by atoms with Crippen LogP contribution < -0.4 is 10.6 Å².